The first-order chi connectivity index (χ1) is 9.86. The van der Waals surface area contributed by atoms with Crippen LogP contribution in [0.1, 0.15) is 20.7 Å². The number of halogens is 5. The van der Waals surface area contributed by atoms with Gasteiger partial charge in [0.25, 0.3) is 11.1 Å². The van der Waals surface area contributed by atoms with Crippen LogP contribution in [0, 0.1) is 14.3 Å². The van der Waals surface area contributed by atoms with E-state index >= 15 is 0 Å². The Kier molecular flexibility index (Phi) is 7.25. The van der Waals surface area contributed by atoms with Crippen molar-refractivity contribution in [1.82, 2.24) is 4.90 Å². The third-order valence-corrected chi connectivity index (χ3v) is 9.54. The van der Waals surface area contributed by atoms with Crippen molar-refractivity contribution in [3.05, 3.63) is 25.4 Å². The predicted octanol–water partition coefficient (Wildman–Crippen LogP) is 3.96. The molecule has 4 nitrogen and oxygen atoms in total. The Morgan fingerprint density at radius 3 is 1.76 bits per heavy atom. The van der Waals surface area contributed by atoms with E-state index in [1.165, 1.54) is 0 Å². The van der Waals surface area contributed by atoms with E-state index in [1.54, 1.807) is 4.90 Å². The first kappa shape index (κ1) is 18.9. The first-order valence-electron chi connectivity index (χ1n) is 5.79. The van der Waals surface area contributed by atoms with Gasteiger partial charge in [0.2, 0.25) is 0 Å². The number of ether oxygens (including phenoxy) is 1. The van der Waals surface area contributed by atoms with E-state index in [0.717, 1.165) is 14.3 Å². The third kappa shape index (κ3) is 3.96. The van der Waals surface area contributed by atoms with Crippen molar-refractivity contribution >= 4 is 113 Å². The first-order valence-corrected chi connectivity index (χ1v) is 10.5. The van der Waals surface area contributed by atoms with Gasteiger partial charge in [-0.2, -0.15) is 0 Å². The molecular weight excluding hydrogens is 749 g/mol. The lowest BCUT2D eigenvalue weighted by molar-refractivity contribution is 0.0301. The smallest absolute Gasteiger partial charge is 0.256 e. The molecule has 1 aliphatic heterocycles. The number of nitrogens with zero attached hydrogens (tertiary/aromatic N) is 1. The van der Waals surface area contributed by atoms with Crippen molar-refractivity contribution in [3.8, 4) is 0 Å². The van der Waals surface area contributed by atoms with Crippen LogP contribution in [0.4, 0.5) is 0 Å². The molecule has 1 saturated heterocycles. The fraction of sp³-hybridized carbons (Fsp3) is 0.333. The van der Waals surface area contributed by atoms with Gasteiger partial charge in [0, 0.05) is 27.4 Å². The summed E-state index contributed by atoms with van der Waals surface area (Å²) in [4.78, 5) is 26.2. The molecule has 0 spiro atoms. The SMILES string of the molecule is O=C(Cl)c1c(I)c(I)c(C(=O)N2CCOCC2)c(I)c1I. The van der Waals surface area contributed by atoms with Crippen LogP contribution < -0.4 is 0 Å². The van der Waals surface area contributed by atoms with E-state index in [4.69, 9.17) is 16.3 Å². The normalized spacial score (nSPS) is 15.2. The Balaban J connectivity index is 2.54. The van der Waals surface area contributed by atoms with E-state index in [-0.39, 0.29) is 5.91 Å². The molecule has 1 amide bonds. The molecule has 0 radical (unpaired) electrons. The average Bonchev–Trinajstić information content (AvgIpc) is 2.46. The molecule has 0 saturated carbocycles. The predicted molar refractivity (Wildman–Crippen MR) is 114 cm³/mol. The van der Waals surface area contributed by atoms with Crippen LogP contribution in [-0.4, -0.2) is 42.4 Å². The number of carbonyl (C=O) groups excluding carboxylic acids is 2. The molecule has 1 heterocycles. The molecular formula is C12H8ClI4NO3. The molecule has 21 heavy (non-hydrogen) atoms. The molecule has 0 aliphatic carbocycles. The molecule has 1 fully saturated rings. The maximum Gasteiger partial charge on any atom is 0.256 e. The molecule has 2 rings (SSSR count). The van der Waals surface area contributed by atoms with E-state index in [2.05, 4.69) is 90.4 Å². The quantitative estimate of drug-likeness (QED) is 0.261. The van der Waals surface area contributed by atoms with Gasteiger partial charge >= 0.3 is 0 Å². The van der Waals surface area contributed by atoms with Gasteiger partial charge in [-0.25, -0.2) is 0 Å². The van der Waals surface area contributed by atoms with E-state index in [0.29, 0.717) is 37.4 Å². The fourth-order valence-corrected chi connectivity index (χ4v) is 6.57. The van der Waals surface area contributed by atoms with E-state index < -0.39 is 5.24 Å². The van der Waals surface area contributed by atoms with Gasteiger partial charge in [0.15, 0.2) is 0 Å². The summed E-state index contributed by atoms with van der Waals surface area (Å²) in [5.74, 6) is -0.0171. The molecule has 0 aromatic heterocycles. The second kappa shape index (κ2) is 8.07. The summed E-state index contributed by atoms with van der Waals surface area (Å²) < 4.78 is 8.30. The Hall–Kier alpha value is 1.53. The topological polar surface area (TPSA) is 46.6 Å². The van der Waals surface area contributed by atoms with Crippen molar-refractivity contribution in [2.75, 3.05) is 26.3 Å². The molecule has 0 N–H and O–H groups in total. The maximum absolute atomic E-state index is 12.8. The summed E-state index contributed by atoms with van der Waals surface area (Å²) in [6, 6.07) is 0. The van der Waals surface area contributed by atoms with Gasteiger partial charge in [-0.05, 0) is 102 Å². The van der Waals surface area contributed by atoms with E-state index in [9.17, 15) is 9.59 Å². The Morgan fingerprint density at radius 2 is 1.33 bits per heavy atom. The lowest BCUT2D eigenvalue weighted by atomic mass is 10.1. The number of carbonyl (C=O) groups is 2. The van der Waals surface area contributed by atoms with Crippen LogP contribution in [0.25, 0.3) is 0 Å². The molecule has 9 heteroatoms. The van der Waals surface area contributed by atoms with Gasteiger partial charge in [-0.1, -0.05) is 0 Å². The van der Waals surface area contributed by atoms with Crippen molar-refractivity contribution in [2.45, 2.75) is 0 Å². The highest BCUT2D eigenvalue weighted by Gasteiger charge is 2.29. The molecule has 0 bridgehead atoms. The number of rotatable bonds is 2. The van der Waals surface area contributed by atoms with Gasteiger partial charge in [-0.15, -0.1) is 0 Å². The largest absolute Gasteiger partial charge is 0.378 e. The summed E-state index contributed by atoms with van der Waals surface area (Å²) in [5.41, 5.74) is 1.12. The second-order valence-corrected chi connectivity index (χ2v) is 8.84. The summed E-state index contributed by atoms with van der Waals surface area (Å²) in [6.45, 7) is 2.30. The number of hydrogen-bond donors (Lipinski definition) is 0. The third-order valence-electron chi connectivity index (χ3n) is 2.97. The highest BCUT2D eigenvalue weighted by atomic mass is 127. The average molecular weight is 757 g/mol. The van der Waals surface area contributed by atoms with Gasteiger partial charge in [-0.3, -0.25) is 9.59 Å². The lowest BCUT2D eigenvalue weighted by Crippen LogP contribution is -2.41. The van der Waals surface area contributed by atoms with Crippen molar-refractivity contribution < 1.29 is 14.3 Å². The minimum atomic E-state index is -0.495. The highest BCUT2D eigenvalue weighted by Crippen LogP contribution is 2.34. The summed E-state index contributed by atoms with van der Waals surface area (Å²) in [7, 11) is 0. The van der Waals surface area contributed by atoms with Crippen LogP contribution >= 0.6 is 102 Å². The van der Waals surface area contributed by atoms with Crippen LogP contribution in [-0.2, 0) is 4.74 Å². The van der Waals surface area contributed by atoms with Crippen molar-refractivity contribution in [3.63, 3.8) is 0 Å². The zero-order chi connectivity index (χ0) is 15.7. The van der Waals surface area contributed by atoms with Gasteiger partial charge in [0.1, 0.15) is 0 Å². The summed E-state index contributed by atoms with van der Waals surface area (Å²) in [6.07, 6.45) is 0. The minimum Gasteiger partial charge on any atom is -0.378 e. The molecule has 0 unspecified atom stereocenters. The van der Waals surface area contributed by atoms with Crippen LogP contribution in [0.15, 0.2) is 0 Å². The number of morpholine rings is 1. The van der Waals surface area contributed by atoms with Crippen molar-refractivity contribution in [2.24, 2.45) is 0 Å². The monoisotopic (exact) mass is 757 g/mol. The highest BCUT2D eigenvalue weighted by molar-refractivity contribution is 14.1. The number of hydrogen-bond acceptors (Lipinski definition) is 3. The van der Waals surface area contributed by atoms with Crippen LogP contribution in [0.5, 0.6) is 0 Å². The summed E-state index contributed by atoms with van der Waals surface area (Å²) in [5, 5.41) is -0.495. The maximum atomic E-state index is 12.8. The molecule has 1 aromatic carbocycles. The Morgan fingerprint density at radius 1 is 0.905 bits per heavy atom. The zero-order valence-corrected chi connectivity index (χ0v) is 19.8. The van der Waals surface area contributed by atoms with Crippen LogP contribution in [0.2, 0.25) is 0 Å². The molecule has 1 aliphatic rings. The fourth-order valence-electron chi connectivity index (χ4n) is 1.92. The van der Waals surface area contributed by atoms with Crippen LogP contribution in [0.3, 0.4) is 0 Å². The minimum absolute atomic E-state index is 0.0171. The second-order valence-electron chi connectivity index (χ2n) is 4.18. The molecule has 0 atom stereocenters. The molecule has 114 valence electrons. The Labute approximate surface area is 181 Å². The standard InChI is InChI=1S/C12H8ClI4NO3/c13-11(19)5-7(14)9(16)6(10(17)8(5)15)12(20)18-1-3-21-4-2-18/h1-4H2. The van der Waals surface area contributed by atoms with Gasteiger partial charge < -0.3 is 9.64 Å². The van der Waals surface area contributed by atoms with E-state index in [1.807, 2.05) is 0 Å². The lowest BCUT2D eigenvalue weighted by Gasteiger charge is -2.28. The van der Waals surface area contributed by atoms with Crippen molar-refractivity contribution in [1.29, 1.82) is 0 Å². The Bertz CT molecular complexity index is 588. The van der Waals surface area contributed by atoms with Gasteiger partial charge in [0.05, 0.1) is 24.3 Å². The summed E-state index contributed by atoms with van der Waals surface area (Å²) >= 11 is 14.0. The number of amides is 1. The molecule has 1 aromatic rings. The zero-order valence-electron chi connectivity index (χ0n) is 10.4. The number of benzene rings is 1.